The van der Waals surface area contributed by atoms with Crippen molar-refractivity contribution in [2.45, 2.75) is 40.0 Å². The van der Waals surface area contributed by atoms with Gasteiger partial charge in [0, 0.05) is 19.6 Å². The Morgan fingerprint density at radius 2 is 2.15 bits per heavy atom. The molecule has 2 heterocycles. The van der Waals surface area contributed by atoms with E-state index in [2.05, 4.69) is 47.5 Å². The van der Waals surface area contributed by atoms with Crippen LogP contribution in [0.4, 0.5) is 5.82 Å². The van der Waals surface area contributed by atoms with E-state index < -0.39 is 0 Å². The van der Waals surface area contributed by atoms with Gasteiger partial charge in [-0.25, -0.2) is 9.97 Å². The van der Waals surface area contributed by atoms with Crippen LogP contribution in [0.3, 0.4) is 0 Å². The number of nitrogens with one attached hydrogen (secondary N) is 1. The fourth-order valence-corrected chi connectivity index (χ4v) is 2.83. The van der Waals surface area contributed by atoms with Crippen molar-refractivity contribution in [1.29, 1.82) is 0 Å². The SMILES string of the molecule is CCc1nc(NCCCC(C)(C)CO)c2ccsc2n1. The number of thiophene rings is 1. The van der Waals surface area contributed by atoms with E-state index in [-0.39, 0.29) is 12.0 Å². The molecule has 0 aliphatic rings. The molecule has 5 heteroatoms. The molecule has 0 radical (unpaired) electrons. The maximum absolute atomic E-state index is 9.25. The van der Waals surface area contributed by atoms with Gasteiger partial charge < -0.3 is 10.4 Å². The van der Waals surface area contributed by atoms with Crippen molar-refractivity contribution in [2.24, 2.45) is 5.41 Å². The monoisotopic (exact) mass is 293 g/mol. The van der Waals surface area contributed by atoms with Gasteiger partial charge in [-0.3, -0.25) is 0 Å². The van der Waals surface area contributed by atoms with Crippen LogP contribution >= 0.6 is 11.3 Å². The minimum Gasteiger partial charge on any atom is -0.396 e. The Morgan fingerprint density at radius 3 is 2.85 bits per heavy atom. The van der Waals surface area contributed by atoms with Crippen LogP contribution < -0.4 is 5.32 Å². The Morgan fingerprint density at radius 1 is 1.35 bits per heavy atom. The van der Waals surface area contributed by atoms with E-state index in [0.29, 0.717) is 0 Å². The predicted molar refractivity (Wildman–Crippen MR) is 85.4 cm³/mol. The summed E-state index contributed by atoms with van der Waals surface area (Å²) in [5, 5.41) is 15.8. The third kappa shape index (κ3) is 3.67. The number of aromatic nitrogens is 2. The first-order valence-corrected chi connectivity index (χ1v) is 8.02. The quantitative estimate of drug-likeness (QED) is 0.768. The first kappa shape index (κ1) is 15.2. The molecule has 0 bridgehead atoms. The molecule has 2 N–H and O–H groups in total. The highest BCUT2D eigenvalue weighted by Crippen LogP contribution is 2.26. The maximum atomic E-state index is 9.25. The number of fused-ring (bicyclic) bond motifs is 1. The Bertz CT molecular complexity index is 565. The van der Waals surface area contributed by atoms with Gasteiger partial charge in [0.15, 0.2) is 0 Å². The van der Waals surface area contributed by atoms with Crippen LogP contribution in [-0.4, -0.2) is 28.2 Å². The van der Waals surface area contributed by atoms with E-state index in [4.69, 9.17) is 0 Å². The van der Waals surface area contributed by atoms with Gasteiger partial charge in [-0.2, -0.15) is 0 Å². The average molecular weight is 293 g/mol. The maximum Gasteiger partial charge on any atom is 0.138 e. The van der Waals surface area contributed by atoms with Crippen molar-refractivity contribution < 1.29 is 5.11 Å². The molecule has 20 heavy (non-hydrogen) atoms. The van der Waals surface area contributed by atoms with Crippen LogP contribution in [0.15, 0.2) is 11.4 Å². The van der Waals surface area contributed by atoms with Crippen molar-refractivity contribution in [1.82, 2.24) is 9.97 Å². The number of rotatable bonds is 7. The van der Waals surface area contributed by atoms with Gasteiger partial charge in [0.05, 0.1) is 5.39 Å². The zero-order valence-electron chi connectivity index (χ0n) is 12.4. The highest BCUT2D eigenvalue weighted by Gasteiger charge is 2.15. The third-order valence-electron chi connectivity index (χ3n) is 3.44. The summed E-state index contributed by atoms with van der Waals surface area (Å²) in [7, 11) is 0. The van der Waals surface area contributed by atoms with Gasteiger partial charge in [0.2, 0.25) is 0 Å². The van der Waals surface area contributed by atoms with Crippen LogP contribution in [0.5, 0.6) is 0 Å². The summed E-state index contributed by atoms with van der Waals surface area (Å²) in [5.74, 6) is 1.83. The summed E-state index contributed by atoms with van der Waals surface area (Å²) in [4.78, 5) is 10.2. The third-order valence-corrected chi connectivity index (χ3v) is 4.25. The summed E-state index contributed by atoms with van der Waals surface area (Å²) in [5.41, 5.74) is -0.000364. The minimum atomic E-state index is -0.000364. The molecular formula is C15H23N3OS. The van der Waals surface area contributed by atoms with Gasteiger partial charge in [0.1, 0.15) is 16.5 Å². The number of aryl methyl sites for hydroxylation is 1. The number of aliphatic hydroxyl groups is 1. The van der Waals surface area contributed by atoms with Crippen LogP contribution in [0.25, 0.3) is 10.2 Å². The van der Waals surface area contributed by atoms with E-state index >= 15 is 0 Å². The smallest absolute Gasteiger partial charge is 0.138 e. The van der Waals surface area contributed by atoms with Gasteiger partial charge >= 0.3 is 0 Å². The molecule has 110 valence electrons. The van der Waals surface area contributed by atoms with Gasteiger partial charge in [-0.1, -0.05) is 20.8 Å². The Balaban J connectivity index is 2.00. The van der Waals surface area contributed by atoms with E-state index in [9.17, 15) is 5.11 Å². The molecule has 0 aromatic carbocycles. The highest BCUT2D eigenvalue weighted by molar-refractivity contribution is 7.16. The minimum absolute atomic E-state index is 0.000364. The lowest BCUT2D eigenvalue weighted by Crippen LogP contribution is -2.18. The largest absolute Gasteiger partial charge is 0.396 e. The van der Waals surface area contributed by atoms with Gasteiger partial charge in [-0.15, -0.1) is 11.3 Å². The number of aliphatic hydroxyl groups excluding tert-OH is 1. The zero-order valence-corrected chi connectivity index (χ0v) is 13.3. The lowest BCUT2D eigenvalue weighted by Gasteiger charge is -2.21. The fraction of sp³-hybridized carbons (Fsp3) is 0.600. The summed E-state index contributed by atoms with van der Waals surface area (Å²) in [6, 6.07) is 2.07. The zero-order chi connectivity index (χ0) is 14.6. The number of hydrogen-bond donors (Lipinski definition) is 2. The molecule has 2 aromatic rings. The molecule has 0 saturated heterocycles. The first-order chi connectivity index (χ1) is 9.55. The van der Waals surface area contributed by atoms with Crippen molar-refractivity contribution in [3.63, 3.8) is 0 Å². The van der Waals surface area contributed by atoms with E-state index in [1.807, 2.05) is 0 Å². The summed E-state index contributed by atoms with van der Waals surface area (Å²) in [6.45, 7) is 7.35. The van der Waals surface area contributed by atoms with Crippen LogP contribution in [0, 0.1) is 5.41 Å². The van der Waals surface area contributed by atoms with Gasteiger partial charge in [-0.05, 0) is 29.7 Å². The van der Waals surface area contributed by atoms with E-state index in [1.165, 1.54) is 0 Å². The Kier molecular flexibility index (Phi) is 4.94. The van der Waals surface area contributed by atoms with Crippen molar-refractivity contribution in [2.75, 3.05) is 18.5 Å². The summed E-state index contributed by atoms with van der Waals surface area (Å²) < 4.78 is 0. The first-order valence-electron chi connectivity index (χ1n) is 7.14. The van der Waals surface area contributed by atoms with Crippen molar-refractivity contribution >= 4 is 27.4 Å². The second-order valence-corrected chi connectivity index (χ2v) is 6.73. The lowest BCUT2D eigenvalue weighted by molar-refractivity contribution is 0.149. The second-order valence-electron chi connectivity index (χ2n) is 5.83. The molecule has 0 fully saturated rings. The summed E-state index contributed by atoms with van der Waals surface area (Å²) >= 11 is 1.65. The van der Waals surface area contributed by atoms with Crippen LogP contribution in [-0.2, 0) is 6.42 Å². The number of hydrogen-bond acceptors (Lipinski definition) is 5. The molecule has 0 aliphatic carbocycles. The number of anilines is 1. The topological polar surface area (TPSA) is 58.0 Å². The van der Waals surface area contributed by atoms with Crippen LogP contribution in [0.2, 0.25) is 0 Å². The molecule has 0 spiro atoms. The molecule has 4 nitrogen and oxygen atoms in total. The molecular weight excluding hydrogens is 270 g/mol. The fourth-order valence-electron chi connectivity index (χ4n) is 2.05. The summed E-state index contributed by atoms with van der Waals surface area (Å²) in [6.07, 6.45) is 2.86. The standard InChI is InChI=1S/C15H23N3OS/c1-4-12-17-13(11-6-9-20-14(11)18-12)16-8-5-7-15(2,3)10-19/h6,9,19H,4-5,7-8,10H2,1-3H3,(H,16,17,18). The molecule has 2 aromatic heterocycles. The highest BCUT2D eigenvalue weighted by atomic mass is 32.1. The molecule has 0 aliphatic heterocycles. The molecule has 0 amide bonds. The van der Waals surface area contributed by atoms with Crippen molar-refractivity contribution in [3.05, 3.63) is 17.3 Å². The van der Waals surface area contributed by atoms with Gasteiger partial charge in [0.25, 0.3) is 0 Å². The lowest BCUT2D eigenvalue weighted by atomic mass is 9.89. The molecule has 0 saturated carbocycles. The van der Waals surface area contributed by atoms with Crippen molar-refractivity contribution in [3.8, 4) is 0 Å². The average Bonchev–Trinajstić information content (AvgIpc) is 2.91. The normalized spacial score (nSPS) is 12.0. The predicted octanol–water partition coefficient (Wildman–Crippen LogP) is 3.46. The molecule has 0 atom stereocenters. The molecule has 0 unspecified atom stereocenters. The van der Waals surface area contributed by atoms with E-state index in [1.54, 1.807) is 11.3 Å². The Labute approximate surface area is 124 Å². The Hall–Kier alpha value is -1.20. The van der Waals surface area contributed by atoms with Crippen LogP contribution in [0.1, 0.15) is 39.4 Å². The molecule has 2 rings (SSSR count). The van der Waals surface area contributed by atoms with E-state index in [0.717, 1.165) is 47.7 Å². The second kappa shape index (κ2) is 6.50. The number of nitrogens with zero attached hydrogens (tertiary/aromatic N) is 2.